The number of carbonyl (C=O) groups is 1. The van der Waals surface area contributed by atoms with Gasteiger partial charge in [0.1, 0.15) is 59.1 Å². The number of fused-ring (bicyclic) bond motifs is 1. The van der Waals surface area contributed by atoms with Crippen LogP contribution in [0.15, 0.2) is 45.6 Å². The lowest BCUT2D eigenvalue weighted by atomic mass is 9.98. The standard InChI is InChI=1S/C31H36O16/c1-12-22(34)29(44-13(2)32)27(39)30(43-12)42-11-20-23(35)25(37)26(38)31(47-20)46-19-10-18-21(24(36)28(19)41-4)16(33)9-17(45-18)14-5-7-15(40-3)8-6-14/h5-10,12,20,22-23,25-27,29-31,34-39H,11H2,1-4H3. The molecule has 6 N–H and O–H groups in total. The molecule has 16 heteroatoms. The van der Waals surface area contributed by atoms with Crippen LogP contribution in [0, 0.1) is 0 Å². The summed E-state index contributed by atoms with van der Waals surface area (Å²) in [6.07, 6.45) is -15.2. The fourth-order valence-corrected chi connectivity index (χ4v) is 5.38. The van der Waals surface area contributed by atoms with E-state index in [0.29, 0.717) is 11.3 Å². The minimum absolute atomic E-state index is 0.107. The Hall–Kier alpha value is -4.00. The van der Waals surface area contributed by atoms with Crippen molar-refractivity contribution in [2.24, 2.45) is 0 Å². The van der Waals surface area contributed by atoms with E-state index in [9.17, 15) is 40.2 Å². The molecule has 3 heterocycles. The van der Waals surface area contributed by atoms with E-state index in [1.807, 2.05) is 0 Å². The maximum absolute atomic E-state index is 13.1. The van der Waals surface area contributed by atoms with E-state index < -0.39 is 85.2 Å². The number of aliphatic hydroxyl groups excluding tert-OH is 5. The zero-order chi connectivity index (χ0) is 34.2. The molecule has 2 aliphatic heterocycles. The molecule has 1 aromatic heterocycles. The number of ether oxygens (including phenoxy) is 7. The molecule has 0 spiro atoms. The molecule has 3 aromatic rings. The molecule has 16 nitrogen and oxygen atoms in total. The molecule has 10 atom stereocenters. The summed E-state index contributed by atoms with van der Waals surface area (Å²) in [6, 6.07) is 9.11. The van der Waals surface area contributed by atoms with Crippen LogP contribution in [0.2, 0.25) is 0 Å². The predicted molar refractivity (Wildman–Crippen MR) is 158 cm³/mol. The van der Waals surface area contributed by atoms with Crippen molar-refractivity contribution in [1.29, 1.82) is 0 Å². The van der Waals surface area contributed by atoms with Crippen LogP contribution in [0.3, 0.4) is 0 Å². The number of phenolic OH excluding ortho intramolecular Hbond substituents is 1. The lowest BCUT2D eigenvalue weighted by molar-refractivity contribution is -0.319. The van der Waals surface area contributed by atoms with Gasteiger partial charge in [0.2, 0.25) is 12.0 Å². The quantitative estimate of drug-likeness (QED) is 0.162. The zero-order valence-electron chi connectivity index (χ0n) is 25.7. The van der Waals surface area contributed by atoms with Gasteiger partial charge in [-0.2, -0.15) is 0 Å². The maximum atomic E-state index is 13.1. The van der Waals surface area contributed by atoms with Gasteiger partial charge in [-0.1, -0.05) is 0 Å². The summed E-state index contributed by atoms with van der Waals surface area (Å²) in [5.41, 5.74) is -0.165. The Kier molecular flexibility index (Phi) is 10.2. The van der Waals surface area contributed by atoms with Crippen LogP contribution in [0.1, 0.15) is 13.8 Å². The lowest BCUT2D eigenvalue weighted by Crippen LogP contribution is -2.62. The van der Waals surface area contributed by atoms with Gasteiger partial charge in [0.05, 0.1) is 26.9 Å². The van der Waals surface area contributed by atoms with E-state index in [0.717, 1.165) is 6.92 Å². The van der Waals surface area contributed by atoms with Gasteiger partial charge in [-0.3, -0.25) is 9.59 Å². The summed E-state index contributed by atoms with van der Waals surface area (Å²) in [5.74, 6) is -1.19. The van der Waals surface area contributed by atoms with E-state index in [1.54, 1.807) is 24.3 Å². The fraction of sp³-hybridized carbons (Fsp3) is 0.484. The number of aliphatic hydroxyl groups is 5. The van der Waals surface area contributed by atoms with Gasteiger partial charge in [-0.05, 0) is 31.2 Å². The SMILES string of the molecule is COc1ccc(-c2cc(=O)c3c(O)c(OC)c(OC4OC(COC5OC(C)C(O)C(OC(C)=O)C5O)C(O)C(O)C4O)cc3o2)cc1. The second-order valence-electron chi connectivity index (χ2n) is 11.1. The molecule has 10 unspecified atom stereocenters. The molecule has 0 aliphatic carbocycles. The number of hydrogen-bond donors (Lipinski definition) is 6. The summed E-state index contributed by atoms with van der Waals surface area (Å²) in [5, 5.41) is 63.7. The second kappa shape index (κ2) is 14.0. The van der Waals surface area contributed by atoms with Crippen molar-refractivity contribution in [3.63, 3.8) is 0 Å². The van der Waals surface area contributed by atoms with Crippen molar-refractivity contribution in [1.82, 2.24) is 0 Å². The molecule has 256 valence electrons. The summed E-state index contributed by atoms with van der Waals surface area (Å²) >= 11 is 0. The third-order valence-electron chi connectivity index (χ3n) is 7.91. The Morgan fingerprint density at radius 3 is 2.21 bits per heavy atom. The zero-order valence-corrected chi connectivity index (χ0v) is 25.7. The average molecular weight is 665 g/mol. The van der Waals surface area contributed by atoms with Crippen molar-refractivity contribution in [3.05, 3.63) is 46.6 Å². The second-order valence-corrected chi connectivity index (χ2v) is 11.1. The topological polar surface area (TPSA) is 233 Å². The molecule has 0 bridgehead atoms. The van der Waals surface area contributed by atoms with E-state index in [-0.39, 0.29) is 28.2 Å². The normalized spacial score (nSPS) is 30.9. The van der Waals surface area contributed by atoms with Crippen LogP contribution < -0.4 is 19.6 Å². The molecule has 0 saturated carbocycles. The number of rotatable bonds is 9. The first kappa shape index (κ1) is 34.3. The van der Waals surface area contributed by atoms with Crippen molar-refractivity contribution >= 4 is 16.9 Å². The Bertz CT molecular complexity index is 1620. The van der Waals surface area contributed by atoms with Crippen LogP contribution in [-0.2, 0) is 23.7 Å². The molecule has 47 heavy (non-hydrogen) atoms. The summed E-state index contributed by atoms with van der Waals surface area (Å²) in [4.78, 5) is 24.5. The number of methoxy groups -OCH3 is 2. The maximum Gasteiger partial charge on any atom is 0.303 e. The van der Waals surface area contributed by atoms with Crippen LogP contribution >= 0.6 is 0 Å². The number of esters is 1. The average Bonchev–Trinajstić information content (AvgIpc) is 3.04. The largest absolute Gasteiger partial charge is 0.504 e. The Balaban J connectivity index is 1.39. The molecule has 0 radical (unpaired) electrons. The molecule has 2 fully saturated rings. The van der Waals surface area contributed by atoms with Crippen LogP contribution in [0.25, 0.3) is 22.3 Å². The van der Waals surface area contributed by atoms with E-state index >= 15 is 0 Å². The highest BCUT2D eigenvalue weighted by atomic mass is 16.7. The number of hydrogen-bond acceptors (Lipinski definition) is 16. The molecule has 2 saturated heterocycles. The fourth-order valence-electron chi connectivity index (χ4n) is 5.38. The molecule has 2 aliphatic rings. The van der Waals surface area contributed by atoms with Gasteiger partial charge in [-0.15, -0.1) is 0 Å². The third-order valence-corrected chi connectivity index (χ3v) is 7.91. The number of benzene rings is 2. The van der Waals surface area contributed by atoms with Crippen molar-refractivity contribution < 1.29 is 73.0 Å². The summed E-state index contributed by atoms with van der Waals surface area (Å²) in [6.45, 7) is 2.03. The van der Waals surface area contributed by atoms with Crippen LogP contribution in [0.5, 0.6) is 23.0 Å². The Morgan fingerprint density at radius 1 is 0.872 bits per heavy atom. The van der Waals surface area contributed by atoms with Gasteiger partial charge in [0.25, 0.3) is 0 Å². The van der Waals surface area contributed by atoms with Gasteiger partial charge in [0.15, 0.2) is 29.3 Å². The van der Waals surface area contributed by atoms with Crippen molar-refractivity contribution in [2.75, 3.05) is 20.8 Å². The van der Waals surface area contributed by atoms with Crippen molar-refractivity contribution in [2.45, 2.75) is 75.3 Å². The highest BCUT2D eigenvalue weighted by Crippen LogP contribution is 2.43. The summed E-state index contributed by atoms with van der Waals surface area (Å²) < 4.78 is 44.0. The molecule has 5 rings (SSSR count). The third kappa shape index (κ3) is 6.86. The summed E-state index contributed by atoms with van der Waals surface area (Å²) in [7, 11) is 2.71. The number of carbonyl (C=O) groups excluding carboxylic acids is 1. The van der Waals surface area contributed by atoms with Crippen molar-refractivity contribution in [3.8, 4) is 34.3 Å². The van der Waals surface area contributed by atoms with E-state index in [4.69, 9.17) is 37.6 Å². The number of phenols is 1. The molecule has 2 aromatic carbocycles. The first-order valence-corrected chi connectivity index (χ1v) is 14.5. The molecular weight excluding hydrogens is 628 g/mol. The van der Waals surface area contributed by atoms with Crippen LogP contribution in [-0.4, -0.2) is 119 Å². The van der Waals surface area contributed by atoms with Gasteiger partial charge in [-0.25, -0.2) is 0 Å². The molecule has 0 amide bonds. The van der Waals surface area contributed by atoms with Gasteiger partial charge >= 0.3 is 5.97 Å². The predicted octanol–water partition coefficient (Wildman–Crippen LogP) is -0.216. The molecular formula is C31H36O16. The first-order valence-electron chi connectivity index (χ1n) is 14.5. The Labute approximate surface area is 267 Å². The minimum atomic E-state index is -1.83. The Morgan fingerprint density at radius 2 is 1.57 bits per heavy atom. The van der Waals surface area contributed by atoms with E-state index in [1.165, 1.54) is 33.3 Å². The highest BCUT2D eigenvalue weighted by Gasteiger charge is 2.48. The van der Waals surface area contributed by atoms with Gasteiger partial charge in [0, 0.05) is 24.6 Å². The number of aromatic hydroxyl groups is 1. The van der Waals surface area contributed by atoms with E-state index in [2.05, 4.69) is 0 Å². The first-order chi connectivity index (χ1) is 22.3. The highest BCUT2D eigenvalue weighted by molar-refractivity contribution is 5.89. The minimum Gasteiger partial charge on any atom is -0.504 e. The monoisotopic (exact) mass is 664 g/mol. The van der Waals surface area contributed by atoms with Gasteiger partial charge < -0.3 is 68.2 Å². The van der Waals surface area contributed by atoms with Crippen LogP contribution in [0.4, 0.5) is 0 Å². The lowest BCUT2D eigenvalue weighted by Gasteiger charge is -2.43. The smallest absolute Gasteiger partial charge is 0.303 e.